The predicted octanol–water partition coefficient (Wildman–Crippen LogP) is 4.22. The Morgan fingerprint density at radius 3 is 2.71 bits per heavy atom. The number of nitrogens with zero attached hydrogens (tertiary/aromatic N) is 3. The lowest BCUT2D eigenvalue weighted by Gasteiger charge is -2.37. The smallest absolute Gasteiger partial charge is 0.343 e. The third-order valence-corrected chi connectivity index (χ3v) is 7.74. The van der Waals surface area contributed by atoms with Gasteiger partial charge in [-0.1, -0.05) is 20.8 Å². The van der Waals surface area contributed by atoms with Crippen LogP contribution in [0.25, 0.3) is 22.3 Å². The standard InChI is InChI=1S/C30H37N3O5/c1-9-32(7)29(5,6)24-19-11-18-14-33-23(25(18)31-22(19)10-17(4)26(24)37-8)12-21-20(27(33)34)15-38-28(35)30(21,36)13-16(2)3/h10-12,16,36H,9,13-15H2,1-8H3/t30-/m0/s1/i7D3,9D2. The highest BCUT2D eigenvalue weighted by Crippen LogP contribution is 2.44. The molecule has 2 aliphatic heterocycles. The molecule has 0 spiro atoms. The number of methoxy groups -OCH3 is 1. The molecular weight excluding hydrogens is 482 g/mol. The number of benzene rings is 1. The molecule has 2 aromatic heterocycles. The summed E-state index contributed by atoms with van der Waals surface area (Å²) in [5.74, 6) is -0.431. The predicted molar refractivity (Wildman–Crippen MR) is 146 cm³/mol. The number of carbonyl (C=O) groups is 1. The summed E-state index contributed by atoms with van der Waals surface area (Å²) in [5, 5.41) is 12.1. The van der Waals surface area contributed by atoms with Gasteiger partial charge in [-0.15, -0.1) is 0 Å². The molecule has 0 amide bonds. The molecule has 2 aliphatic rings. The van der Waals surface area contributed by atoms with Crippen molar-refractivity contribution >= 4 is 16.9 Å². The number of fused-ring (bicyclic) bond motifs is 5. The van der Waals surface area contributed by atoms with Crippen LogP contribution in [0.3, 0.4) is 0 Å². The lowest BCUT2D eigenvalue weighted by Crippen LogP contribution is -2.45. The lowest BCUT2D eigenvalue weighted by molar-refractivity contribution is -0.174. The quantitative estimate of drug-likeness (QED) is 0.378. The Hall–Kier alpha value is -3.23. The van der Waals surface area contributed by atoms with Crippen LogP contribution in [0, 0.1) is 12.8 Å². The van der Waals surface area contributed by atoms with Gasteiger partial charge >= 0.3 is 5.97 Å². The number of aromatic nitrogens is 2. The summed E-state index contributed by atoms with van der Waals surface area (Å²) in [5.41, 5.74) is -0.0326. The summed E-state index contributed by atoms with van der Waals surface area (Å²) >= 11 is 0. The van der Waals surface area contributed by atoms with Crippen molar-refractivity contribution in [2.45, 2.75) is 72.3 Å². The molecule has 3 aromatic rings. The molecule has 202 valence electrons. The van der Waals surface area contributed by atoms with Crippen LogP contribution in [0.5, 0.6) is 5.75 Å². The van der Waals surface area contributed by atoms with E-state index in [1.807, 2.05) is 19.9 Å². The van der Waals surface area contributed by atoms with E-state index in [1.54, 1.807) is 37.5 Å². The number of hydrogen-bond donors (Lipinski definition) is 1. The van der Waals surface area contributed by atoms with Crippen LogP contribution in [0.1, 0.15) is 75.7 Å². The summed E-state index contributed by atoms with van der Waals surface area (Å²) in [4.78, 5) is 32.3. The van der Waals surface area contributed by atoms with Crippen molar-refractivity contribution in [3.05, 3.63) is 56.4 Å². The van der Waals surface area contributed by atoms with Crippen LogP contribution < -0.4 is 10.3 Å². The molecule has 4 heterocycles. The first kappa shape index (κ1) is 20.7. The van der Waals surface area contributed by atoms with Gasteiger partial charge in [0.25, 0.3) is 5.56 Å². The second-order valence-electron chi connectivity index (χ2n) is 11.1. The van der Waals surface area contributed by atoms with Gasteiger partial charge in [0.2, 0.25) is 0 Å². The number of esters is 1. The van der Waals surface area contributed by atoms with E-state index in [9.17, 15) is 14.7 Å². The zero-order valence-corrected chi connectivity index (χ0v) is 22.9. The van der Waals surface area contributed by atoms with Crippen molar-refractivity contribution in [3.8, 4) is 17.1 Å². The molecule has 0 fully saturated rings. The average molecular weight is 525 g/mol. The Balaban J connectivity index is 1.79. The first-order chi connectivity index (χ1) is 19.7. The van der Waals surface area contributed by atoms with E-state index >= 15 is 0 Å². The molecule has 0 bridgehead atoms. The summed E-state index contributed by atoms with van der Waals surface area (Å²) in [6, 6.07) is 5.31. The fourth-order valence-electron chi connectivity index (χ4n) is 5.95. The molecule has 38 heavy (non-hydrogen) atoms. The van der Waals surface area contributed by atoms with Crippen molar-refractivity contribution in [1.29, 1.82) is 0 Å². The van der Waals surface area contributed by atoms with E-state index in [1.165, 1.54) is 14.0 Å². The molecule has 5 rings (SSSR count). The SMILES string of the molecule is [2H]C([2H])([2H])N(C([2H])([2H])C)C(C)(C)c1c(OC)c(C)cc2nc3c(cc12)Cn1c-3cc2c(c1=O)COC(=O)[C@]2(O)CC(C)C. The van der Waals surface area contributed by atoms with E-state index in [2.05, 4.69) is 0 Å². The first-order valence-electron chi connectivity index (χ1n) is 15.2. The largest absolute Gasteiger partial charge is 0.496 e. The van der Waals surface area contributed by atoms with Crippen LogP contribution in [0.4, 0.5) is 0 Å². The molecule has 1 atom stereocenters. The van der Waals surface area contributed by atoms with E-state index in [-0.39, 0.29) is 42.2 Å². The van der Waals surface area contributed by atoms with Crippen LogP contribution in [0.15, 0.2) is 23.0 Å². The number of rotatable bonds is 6. The third-order valence-electron chi connectivity index (χ3n) is 7.74. The van der Waals surface area contributed by atoms with Crippen LogP contribution >= 0.6 is 0 Å². The van der Waals surface area contributed by atoms with Crippen molar-refractivity contribution in [1.82, 2.24) is 14.5 Å². The summed E-state index contributed by atoms with van der Waals surface area (Å²) in [6.45, 7) is 4.94. The van der Waals surface area contributed by atoms with Gasteiger partial charge in [-0.3, -0.25) is 9.69 Å². The van der Waals surface area contributed by atoms with E-state index < -0.39 is 30.6 Å². The molecule has 0 saturated carbocycles. The zero-order chi connectivity index (χ0) is 32.0. The monoisotopic (exact) mass is 524 g/mol. The minimum Gasteiger partial charge on any atom is -0.496 e. The van der Waals surface area contributed by atoms with E-state index in [0.29, 0.717) is 44.7 Å². The third kappa shape index (κ3) is 3.68. The highest BCUT2D eigenvalue weighted by atomic mass is 16.6. The number of carbonyl (C=O) groups excluding carboxylic acids is 1. The number of hydrogen-bond acceptors (Lipinski definition) is 7. The number of cyclic esters (lactones) is 1. The van der Waals surface area contributed by atoms with Crippen LogP contribution in [0.2, 0.25) is 0 Å². The zero-order valence-electron chi connectivity index (χ0n) is 27.9. The Bertz CT molecular complexity index is 1710. The number of pyridine rings is 2. The number of ether oxygens (including phenoxy) is 2. The Labute approximate surface area is 230 Å². The van der Waals surface area contributed by atoms with Crippen molar-refractivity contribution < 1.29 is 26.2 Å². The summed E-state index contributed by atoms with van der Waals surface area (Å²) in [6.07, 6.45) is 0.0854. The topological polar surface area (TPSA) is 93.9 Å². The van der Waals surface area contributed by atoms with Gasteiger partial charge in [0.05, 0.1) is 36.1 Å². The maximum atomic E-state index is 13.7. The normalized spacial score (nSPS) is 21.2. The maximum absolute atomic E-state index is 13.7. The Kier molecular flexibility index (Phi) is 4.86. The van der Waals surface area contributed by atoms with Crippen molar-refractivity contribution in [3.63, 3.8) is 0 Å². The number of aryl methyl sites for hydroxylation is 1. The van der Waals surface area contributed by atoms with Crippen molar-refractivity contribution in [2.75, 3.05) is 20.6 Å². The van der Waals surface area contributed by atoms with Gasteiger partial charge in [0.15, 0.2) is 5.60 Å². The molecule has 1 N–H and O–H groups in total. The highest BCUT2D eigenvalue weighted by Gasteiger charge is 2.47. The fourth-order valence-corrected chi connectivity index (χ4v) is 5.95. The molecular formula is C30H37N3O5. The summed E-state index contributed by atoms with van der Waals surface area (Å²) < 4.78 is 54.1. The average Bonchev–Trinajstić information content (AvgIpc) is 3.20. The maximum Gasteiger partial charge on any atom is 0.343 e. The van der Waals surface area contributed by atoms with Gasteiger partial charge < -0.3 is 19.1 Å². The van der Waals surface area contributed by atoms with Crippen molar-refractivity contribution in [2.24, 2.45) is 5.92 Å². The van der Waals surface area contributed by atoms with Gasteiger partial charge in [-0.05, 0) is 70.3 Å². The van der Waals surface area contributed by atoms with Gasteiger partial charge in [-0.2, -0.15) is 0 Å². The minimum atomic E-state index is -2.79. The minimum absolute atomic E-state index is 0.0580. The van der Waals surface area contributed by atoms with Gasteiger partial charge in [0.1, 0.15) is 12.4 Å². The molecule has 0 radical (unpaired) electrons. The molecule has 1 aromatic carbocycles. The van der Waals surface area contributed by atoms with Gasteiger partial charge in [0, 0.05) is 34.5 Å². The molecule has 0 saturated heterocycles. The number of aliphatic hydroxyl groups is 1. The summed E-state index contributed by atoms with van der Waals surface area (Å²) in [7, 11) is 1.48. The Morgan fingerprint density at radius 2 is 2.08 bits per heavy atom. The highest BCUT2D eigenvalue weighted by molar-refractivity contribution is 5.91. The van der Waals surface area contributed by atoms with E-state index in [4.69, 9.17) is 21.3 Å². The van der Waals surface area contributed by atoms with E-state index in [0.717, 1.165) is 4.90 Å². The Morgan fingerprint density at radius 1 is 1.34 bits per heavy atom. The molecule has 0 unspecified atom stereocenters. The lowest BCUT2D eigenvalue weighted by atomic mass is 9.82. The second kappa shape index (κ2) is 8.92. The molecule has 8 nitrogen and oxygen atoms in total. The van der Waals surface area contributed by atoms with Crippen LogP contribution in [-0.4, -0.2) is 46.1 Å². The van der Waals surface area contributed by atoms with Crippen LogP contribution in [-0.2, 0) is 33.8 Å². The second-order valence-corrected chi connectivity index (χ2v) is 11.1. The fraction of sp³-hybridized carbons (Fsp3) is 0.500. The molecule has 8 heteroatoms. The first-order valence-corrected chi connectivity index (χ1v) is 12.7. The van der Waals surface area contributed by atoms with Gasteiger partial charge in [-0.25, -0.2) is 9.78 Å². The molecule has 0 aliphatic carbocycles.